The van der Waals surface area contributed by atoms with Crippen molar-refractivity contribution in [2.75, 3.05) is 45.1 Å². The number of ether oxygens (including phenoxy) is 3. The highest BCUT2D eigenvalue weighted by Crippen LogP contribution is 2.29. The van der Waals surface area contributed by atoms with Crippen LogP contribution in [0, 0.1) is 0 Å². The monoisotopic (exact) mass is 331 g/mol. The van der Waals surface area contributed by atoms with Crippen LogP contribution in [0.15, 0.2) is 36.5 Å². The van der Waals surface area contributed by atoms with Gasteiger partial charge in [0.15, 0.2) is 0 Å². The van der Waals surface area contributed by atoms with E-state index in [1.165, 1.54) is 14.2 Å². The molecule has 0 bridgehead atoms. The quantitative estimate of drug-likeness (QED) is 0.723. The normalized spacial score (nSPS) is 10.1. The van der Waals surface area contributed by atoms with Gasteiger partial charge in [0.05, 0.1) is 32.7 Å². The maximum atomic E-state index is 12.5. The second kappa shape index (κ2) is 8.73. The largest absolute Gasteiger partial charge is 0.496 e. The fourth-order valence-corrected chi connectivity index (χ4v) is 2.12. The van der Waals surface area contributed by atoms with Crippen LogP contribution in [0.2, 0.25) is 0 Å². The molecule has 7 heteroatoms. The van der Waals surface area contributed by atoms with Crippen molar-refractivity contribution in [1.82, 2.24) is 4.98 Å². The van der Waals surface area contributed by atoms with Gasteiger partial charge in [-0.15, -0.1) is 0 Å². The molecule has 0 aliphatic heterocycles. The van der Waals surface area contributed by atoms with E-state index in [1.807, 2.05) is 0 Å². The number of rotatable bonds is 8. The van der Waals surface area contributed by atoms with Crippen LogP contribution in [0.25, 0.3) is 0 Å². The molecule has 24 heavy (non-hydrogen) atoms. The molecule has 0 unspecified atom stereocenters. The highest BCUT2D eigenvalue weighted by atomic mass is 16.5. The summed E-state index contributed by atoms with van der Waals surface area (Å²) in [7, 11) is 4.65. The Kier molecular flexibility index (Phi) is 6.39. The Morgan fingerprint density at radius 2 is 1.79 bits per heavy atom. The second-order valence-electron chi connectivity index (χ2n) is 4.84. The Balaban J connectivity index is 2.10. The molecule has 0 atom stereocenters. The summed E-state index contributed by atoms with van der Waals surface area (Å²) in [5.41, 5.74) is 0.912. The van der Waals surface area contributed by atoms with Crippen molar-refractivity contribution < 1.29 is 19.0 Å². The Hall–Kier alpha value is -2.80. The zero-order valence-electron chi connectivity index (χ0n) is 14.0. The molecule has 0 saturated heterocycles. The van der Waals surface area contributed by atoms with Crippen molar-refractivity contribution >= 4 is 17.4 Å². The minimum Gasteiger partial charge on any atom is -0.496 e. The summed E-state index contributed by atoms with van der Waals surface area (Å²) >= 11 is 0. The van der Waals surface area contributed by atoms with Gasteiger partial charge in [-0.2, -0.15) is 0 Å². The van der Waals surface area contributed by atoms with Gasteiger partial charge in [-0.05, 0) is 24.3 Å². The lowest BCUT2D eigenvalue weighted by molar-refractivity contribution is 0.102. The maximum absolute atomic E-state index is 12.5. The highest BCUT2D eigenvalue weighted by Gasteiger charge is 2.18. The lowest BCUT2D eigenvalue weighted by Gasteiger charge is -2.13. The molecule has 2 N–H and O–H groups in total. The number of nitrogens with zero attached hydrogens (tertiary/aromatic N) is 1. The average Bonchev–Trinajstić information content (AvgIpc) is 2.62. The number of aromatic nitrogens is 1. The van der Waals surface area contributed by atoms with E-state index in [4.69, 9.17) is 14.2 Å². The fraction of sp³-hybridized carbons (Fsp3) is 0.294. The molecule has 0 aliphatic carbocycles. The zero-order valence-corrected chi connectivity index (χ0v) is 14.0. The molecule has 7 nitrogen and oxygen atoms in total. The van der Waals surface area contributed by atoms with Crippen LogP contribution in [0.5, 0.6) is 11.5 Å². The number of pyridine rings is 1. The van der Waals surface area contributed by atoms with Crippen molar-refractivity contribution in [3.05, 3.63) is 42.1 Å². The van der Waals surface area contributed by atoms with Gasteiger partial charge >= 0.3 is 0 Å². The standard InChI is InChI=1S/C17H21N3O4/c1-22-10-9-18-15-8-7-12(11-19-15)20-17(21)16-13(23-2)5-4-6-14(16)24-3/h4-8,11H,9-10H2,1-3H3,(H,18,19)(H,20,21). The van der Waals surface area contributed by atoms with E-state index in [9.17, 15) is 4.79 Å². The first-order chi connectivity index (χ1) is 11.7. The first-order valence-corrected chi connectivity index (χ1v) is 7.40. The van der Waals surface area contributed by atoms with E-state index in [2.05, 4.69) is 15.6 Å². The summed E-state index contributed by atoms with van der Waals surface area (Å²) in [6, 6.07) is 8.72. The van der Waals surface area contributed by atoms with E-state index in [0.29, 0.717) is 41.7 Å². The molecule has 1 aromatic heterocycles. The third-order valence-corrected chi connectivity index (χ3v) is 3.29. The number of hydrogen-bond donors (Lipinski definition) is 2. The van der Waals surface area contributed by atoms with Gasteiger partial charge in [-0.25, -0.2) is 4.98 Å². The molecule has 0 spiro atoms. The van der Waals surface area contributed by atoms with Gasteiger partial charge in [-0.3, -0.25) is 4.79 Å². The van der Waals surface area contributed by atoms with Crippen molar-refractivity contribution in [2.24, 2.45) is 0 Å². The number of amides is 1. The van der Waals surface area contributed by atoms with Crippen LogP contribution in [0.1, 0.15) is 10.4 Å². The van der Waals surface area contributed by atoms with Crippen molar-refractivity contribution in [3.63, 3.8) is 0 Å². The maximum Gasteiger partial charge on any atom is 0.263 e. The summed E-state index contributed by atoms with van der Waals surface area (Å²) in [6.07, 6.45) is 1.58. The van der Waals surface area contributed by atoms with Crippen LogP contribution in [-0.2, 0) is 4.74 Å². The molecule has 0 radical (unpaired) electrons. The average molecular weight is 331 g/mol. The molecule has 1 amide bonds. The van der Waals surface area contributed by atoms with Crippen LogP contribution < -0.4 is 20.1 Å². The topological polar surface area (TPSA) is 81.7 Å². The molecule has 128 valence electrons. The molecule has 0 aliphatic rings. The number of methoxy groups -OCH3 is 3. The number of benzene rings is 1. The molecular weight excluding hydrogens is 310 g/mol. The molecular formula is C17H21N3O4. The number of carbonyl (C=O) groups excluding carboxylic acids is 1. The summed E-state index contributed by atoms with van der Waals surface area (Å²) < 4.78 is 15.4. The van der Waals surface area contributed by atoms with E-state index >= 15 is 0 Å². The minimum absolute atomic E-state index is 0.328. The molecule has 1 heterocycles. The molecule has 1 aromatic carbocycles. The lowest BCUT2D eigenvalue weighted by Crippen LogP contribution is -2.15. The predicted octanol–water partition coefficient (Wildman–Crippen LogP) is 2.41. The number of anilines is 2. The van der Waals surface area contributed by atoms with E-state index in [0.717, 1.165) is 0 Å². The smallest absolute Gasteiger partial charge is 0.263 e. The Morgan fingerprint density at radius 1 is 1.08 bits per heavy atom. The van der Waals surface area contributed by atoms with Gasteiger partial charge < -0.3 is 24.8 Å². The first-order valence-electron chi connectivity index (χ1n) is 7.40. The minimum atomic E-state index is -0.328. The number of hydrogen-bond acceptors (Lipinski definition) is 6. The first kappa shape index (κ1) is 17.6. The van der Waals surface area contributed by atoms with Gasteiger partial charge in [0.2, 0.25) is 0 Å². The van der Waals surface area contributed by atoms with Crippen LogP contribution in [0.3, 0.4) is 0 Å². The van der Waals surface area contributed by atoms with Crippen LogP contribution in [-0.4, -0.2) is 45.4 Å². The Labute approximate surface area is 140 Å². The Bertz CT molecular complexity index is 652. The van der Waals surface area contributed by atoms with Gasteiger partial charge in [0, 0.05) is 13.7 Å². The Morgan fingerprint density at radius 3 is 2.33 bits per heavy atom. The van der Waals surface area contributed by atoms with Crippen molar-refractivity contribution in [3.8, 4) is 11.5 Å². The van der Waals surface area contributed by atoms with E-state index < -0.39 is 0 Å². The zero-order chi connectivity index (χ0) is 17.4. The predicted molar refractivity (Wildman–Crippen MR) is 92.1 cm³/mol. The van der Waals surface area contributed by atoms with Crippen molar-refractivity contribution in [1.29, 1.82) is 0 Å². The third kappa shape index (κ3) is 4.36. The van der Waals surface area contributed by atoms with Gasteiger partial charge in [0.25, 0.3) is 5.91 Å². The summed E-state index contributed by atoms with van der Waals surface area (Å²) in [4.78, 5) is 16.8. The number of nitrogens with one attached hydrogen (secondary N) is 2. The van der Waals surface area contributed by atoms with Crippen LogP contribution >= 0.6 is 0 Å². The van der Waals surface area contributed by atoms with Gasteiger partial charge in [0.1, 0.15) is 22.9 Å². The van der Waals surface area contributed by atoms with Gasteiger partial charge in [-0.1, -0.05) is 6.07 Å². The SMILES string of the molecule is COCCNc1ccc(NC(=O)c2c(OC)cccc2OC)cn1. The number of carbonyl (C=O) groups is 1. The van der Waals surface area contributed by atoms with Crippen LogP contribution in [0.4, 0.5) is 11.5 Å². The summed E-state index contributed by atoms with van der Waals surface area (Å²) in [5.74, 6) is 1.27. The second-order valence-corrected chi connectivity index (χ2v) is 4.84. The molecule has 2 rings (SSSR count). The van der Waals surface area contributed by atoms with E-state index in [1.54, 1.807) is 43.6 Å². The molecule has 0 saturated carbocycles. The van der Waals surface area contributed by atoms with E-state index in [-0.39, 0.29) is 5.91 Å². The van der Waals surface area contributed by atoms with Crippen molar-refractivity contribution in [2.45, 2.75) is 0 Å². The fourth-order valence-electron chi connectivity index (χ4n) is 2.12. The summed E-state index contributed by atoms with van der Waals surface area (Å²) in [5, 5.41) is 5.89. The summed E-state index contributed by atoms with van der Waals surface area (Å²) in [6.45, 7) is 1.25. The third-order valence-electron chi connectivity index (χ3n) is 3.29. The lowest BCUT2D eigenvalue weighted by atomic mass is 10.1. The molecule has 0 fully saturated rings. The molecule has 2 aromatic rings. The highest BCUT2D eigenvalue weighted by molar-refractivity contribution is 6.08.